The van der Waals surface area contributed by atoms with Crippen LogP contribution in [0.15, 0.2) is 65.5 Å². The normalized spacial score (nSPS) is 17.5. The first-order valence-electron chi connectivity index (χ1n) is 8.93. The minimum absolute atomic E-state index is 0.0734. The number of benzene rings is 1. The van der Waals surface area contributed by atoms with E-state index in [1.54, 1.807) is 12.5 Å². The number of likely N-dealkylation sites (tertiary alicyclic amines) is 1. The van der Waals surface area contributed by atoms with Gasteiger partial charge in [0, 0.05) is 18.9 Å². The number of aromatic nitrogens is 2. The zero-order valence-corrected chi connectivity index (χ0v) is 14.5. The number of furan rings is 1. The van der Waals surface area contributed by atoms with Gasteiger partial charge in [-0.15, -0.1) is 0 Å². The molecule has 0 radical (unpaired) electrons. The summed E-state index contributed by atoms with van der Waals surface area (Å²) in [6.45, 7) is 2.16. The van der Waals surface area contributed by atoms with Crippen molar-refractivity contribution in [2.45, 2.75) is 32.0 Å². The Bertz CT molecular complexity index is 825. The molecule has 6 nitrogen and oxygen atoms in total. The molecule has 1 aliphatic rings. The molecule has 1 amide bonds. The average molecular weight is 350 g/mol. The molecule has 3 heterocycles. The second-order valence-electron chi connectivity index (χ2n) is 6.54. The van der Waals surface area contributed by atoms with E-state index in [2.05, 4.69) is 39.6 Å². The van der Waals surface area contributed by atoms with Crippen molar-refractivity contribution in [1.82, 2.24) is 20.0 Å². The van der Waals surface area contributed by atoms with Crippen LogP contribution in [0.1, 0.15) is 24.2 Å². The number of carbonyl (C=O) groups is 1. The number of carbonyl (C=O) groups excluding carboxylic acids is 1. The SMILES string of the molecule is O=C(NCc1ccco1)[C@H]1CCCN1Cc1ccc(-n2cccn2)cc1. The van der Waals surface area contributed by atoms with Crippen molar-refractivity contribution in [2.24, 2.45) is 0 Å². The first-order valence-corrected chi connectivity index (χ1v) is 8.93. The van der Waals surface area contributed by atoms with Gasteiger partial charge >= 0.3 is 0 Å². The van der Waals surface area contributed by atoms with Gasteiger partial charge in [0.1, 0.15) is 5.76 Å². The maximum atomic E-state index is 12.5. The summed E-state index contributed by atoms with van der Waals surface area (Å²) in [6, 6.07) is 13.9. The van der Waals surface area contributed by atoms with E-state index in [0.29, 0.717) is 6.54 Å². The molecule has 6 heteroatoms. The van der Waals surface area contributed by atoms with Gasteiger partial charge in [0.05, 0.1) is 24.5 Å². The molecule has 26 heavy (non-hydrogen) atoms. The Labute approximate surface area is 152 Å². The van der Waals surface area contributed by atoms with Gasteiger partial charge in [-0.2, -0.15) is 5.10 Å². The summed E-state index contributed by atoms with van der Waals surface area (Å²) >= 11 is 0. The van der Waals surface area contributed by atoms with Crippen LogP contribution in [-0.4, -0.2) is 33.2 Å². The highest BCUT2D eigenvalue weighted by Gasteiger charge is 2.30. The van der Waals surface area contributed by atoms with Crippen molar-refractivity contribution >= 4 is 5.91 Å². The van der Waals surface area contributed by atoms with Crippen LogP contribution in [0.3, 0.4) is 0 Å². The van der Waals surface area contributed by atoms with Crippen LogP contribution in [0.4, 0.5) is 0 Å². The van der Waals surface area contributed by atoms with Crippen molar-refractivity contribution in [3.8, 4) is 5.69 Å². The lowest BCUT2D eigenvalue weighted by Gasteiger charge is -2.23. The summed E-state index contributed by atoms with van der Waals surface area (Å²) in [5, 5.41) is 7.23. The smallest absolute Gasteiger partial charge is 0.237 e. The summed E-state index contributed by atoms with van der Waals surface area (Å²) in [4.78, 5) is 14.8. The Balaban J connectivity index is 1.36. The molecule has 1 aromatic carbocycles. The zero-order valence-electron chi connectivity index (χ0n) is 14.5. The van der Waals surface area contributed by atoms with Crippen molar-refractivity contribution in [1.29, 1.82) is 0 Å². The molecule has 0 spiro atoms. The molecule has 0 saturated carbocycles. The van der Waals surface area contributed by atoms with Crippen LogP contribution >= 0.6 is 0 Å². The lowest BCUT2D eigenvalue weighted by atomic mass is 10.1. The molecule has 134 valence electrons. The van der Waals surface area contributed by atoms with Gasteiger partial charge < -0.3 is 9.73 Å². The predicted octanol–water partition coefficient (Wildman–Crippen LogP) is 2.75. The third-order valence-electron chi connectivity index (χ3n) is 4.77. The molecule has 4 rings (SSSR count). The van der Waals surface area contributed by atoms with Gasteiger partial charge in [-0.05, 0) is 55.3 Å². The van der Waals surface area contributed by atoms with E-state index < -0.39 is 0 Å². The van der Waals surface area contributed by atoms with Crippen molar-refractivity contribution < 1.29 is 9.21 Å². The van der Waals surface area contributed by atoms with Gasteiger partial charge in [0.2, 0.25) is 5.91 Å². The largest absolute Gasteiger partial charge is 0.467 e. The molecule has 0 unspecified atom stereocenters. The van der Waals surface area contributed by atoms with Gasteiger partial charge in [-0.1, -0.05) is 12.1 Å². The third-order valence-corrected chi connectivity index (χ3v) is 4.77. The van der Waals surface area contributed by atoms with Crippen LogP contribution in [0, 0.1) is 0 Å². The van der Waals surface area contributed by atoms with Crippen LogP contribution in [0.2, 0.25) is 0 Å². The summed E-state index contributed by atoms with van der Waals surface area (Å²) in [7, 11) is 0. The first kappa shape index (κ1) is 16.6. The summed E-state index contributed by atoms with van der Waals surface area (Å²) in [5.74, 6) is 0.851. The number of amides is 1. The lowest BCUT2D eigenvalue weighted by Crippen LogP contribution is -2.42. The van der Waals surface area contributed by atoms with E-state index in [-0.39, 0.29) is 11.9 Å². The minimum atomic E-state index is -0.0734. The van der Waals surface area contributed by atoms with E-state index in [9.17, 15) is 4.79 Å². The highest BCUT2D eigenvalue weighted by atomic mass is 16.3. The molecular formula is C20H22N4O2. The van der Waals surface area contributed by atoms with Gasteiger partial charge in [-0.3, -0.25) is 9.69 Å². The summed E-state index contributed by atoms with van der Waals surface area (Å²) in [5.41, 5.74) is 2.24. The van der Waals surface area contributed by atoms with Crippen LogP contribution in [0.5, 0.6) is 0 Å². The van der Waals surface area contributed by atoms with E-state index in [1.807, 2.05) is 29.1 Å². The van der Waals surface area contributed by atoms with E-state index in [0.717, 1.165) is 37.4 Å². The highest BCUT2D eigenvalue weighted by molar-refractivity contribution is 5.81. The quantitative estimate of drug-likeness (QED) is 0.742. The minimum Gasteiger partial charge on any atom is -0.467 e. The van der Waals surface area contributed by atoms with E-state index in [4.69, 9.17) is 4.42 Å². The second-order valence-corrected chi connectivity index (χ2v) is 6.54. The van der Waals surface area contributed by atoms with Crippen LogP contribution in [-0.2, 0) is 17.9 Å². The highest BCUT2D eigenvalue weighted by Crippen LogP contribution is 2.21. The molecule has 2 aromatic heterocycles. The Hall–Kier alpha value is -2.86. The Morgan fingerprint density at radius 2 is 2.12 bits per heavy atom. The van der Waals surface area contributed by atoms with Crippen molar-refractivity contribution in [2.75, 3.05) is 6.54 Å². The summed E-state index contributed by atoms with van der Waals surface area (Å²) in [6.07, 6.45) is 7.26. The zero-order chi connectivity index (χ0) is 17.8. The topological polar surface area (TPSA) is 63.3 Å². The summed E-state index contributed by atoms with van der Waals surface area (Å²) < 4.78 is 7.11. The third kappa shape index (κ3) is 3.70. The van der Waals surface area contributed by atoms with Crippen molar-refractivity contribution in [3.05, 3.63) is 72.4 Å². The Kier molecular flexibility index (Phi) is 4.84. The molecule has 3 aromatic rings. The fraction of sp³-hybridized carbons (Fsp3) is 0.300. The maximum Gasteiger partial charge on any atom is 0.237 e. The number of nitrogens with one attached hydrogen (secondary N) is 1. The fourth-order valence-corrected chi connectivity index (χ4v) is 3.43. The predicted molar refractivity (Wildman–Crippen MR) is 97.6 cm³/mol. The average Bonchev–Trinajstić information content (AvgIpc) is 3.42. The van der Waals surface area contributed by atoms with Crippen molar-refractivity contribution in [3.63, 3.8) is 0 Å². The number of nitrogens with zero attached hydrogens (tertiary/aromatic N) is 3. The molecule has 0 bridgehead atoms. The monoisotopic (exact) mass is 350 g/mol. The van der Waals surface area contributed by atoms with E-state index >= 15 is 0 Å². The Morgan fingerprint density at radius 3 is 2.85 bits per heavy atom. The Morgan fingerprint density at radius 1 is 1.23 bits per heavy atom. The molecular weight excluding hydrogens is 328 g/mol. The standard InChI is InChI=1S/C20H22N4O2/c25-20(21-14-18-4-2-13-26-18)19-5-1-11-23(19)15-16-6-8-17(9-7-16)24-12-3-10-22-24/h2-4,6-10,12-13,19H,1,5,11,14-15H2,(H,21,25)/t19-/m1/s1. The molecule has 1 fully saturated rings. The molecule has 1 atom stereocenters. The maximum absolute atomic E-state index is 12.5. The first-order chi connectivity index (χ1) is 12.8. The number of hydrogen-bond acceptors (Lipinski definition) is 4. The second kappa shape index (κ2) is 7.58. The van der Waals surface area contributed by atoms with Gasteiger partial charge in [0.25, 0.3) is 0 Å². The van der Waals surface area contributed by atoms with E-state index in [1.165, 1.54) is 5.56 Å². The van der Waals surface area contributed by atoms with Crippen LogP contribution in [0.25, 0.3) is 5.69 Å². The van der Waals surface area contributed by atoms with Gasteiger partial charge in [-0.25, -0.2) is 4.68 Å². The molecule has 1 aliphatic heterocycles. The number of hydrogen-bond donors (Lipinski definition) is 1. The molecule has 0 aliphatic carbocycles. The molecule has 1 saturated heterocycles. The number of rotatable bonds is 6. The van der Waals surface area contributed by atoms with Crippen LogP contribution < -0.4 is 5.32 Å². The lowest BCUT2D eigenvalue weighted by molar-refractivity contribution is -0.125. The fourth-order valence-electron chi connectivity index (χ4n) is 3.43. The molecule has 1 N–H and O–H groups in total. The van der Waals surface area contributed by atoms with Gasteiger partial charge in [0.15, 0.2) is 0 Å².